The molecule has 2 aromatic rings. The van der Waals surface area contributed by atoms with E-state index < -0.39 is 0 Å². The highest BCUT2D eigenvalue weighted by atomic mass is 15.3. The maximum atomic E-state index is 4.86. The van der Waals surface area contributed by atoms with Gasteiger partial charge < -0.3 is 19.8 Å². The molecule has 1 atom stereocenters. The number of rotatable bonds is 5. The minimum absolute atomic E-state index is 0.310. The van der Waals surface area contributed by atoms with Crippen molar-refractivity contribution in [3.05, 3.63) is 23.3 Å². The molecule has 1 unspecified atom stereocenters. The Bertz CT molecular complexity index is 857. The lowest BCUT2D eigenvalue weighted by molar-refractivity contribution is 0.405. The van der Waals surface area contributed by atoms with Gasteiger partial charge in [-0.1, -0.05) is 26.7 Å². The summed E-state index contributed by atoms with van der Waals surface area (Å²) in [6.45, 7) is 7.70. The van der Waals surface area contributed by atoms with Gasteiger partial charge in [0.15, 0.2) is 11.8 Å². The molecule has 0 saturated heterocycles. The molecular formula is C20H33N9. The van der Waals surface area contributed by atoms with Gasteiger partial charge >= 0.3 is 0 Å². The molecule has 2 N–H and O–H groups in total. The van der Waals surface area contributed by atoms with E-state index in [-0.39, 0.29) is 0 Å². The zero-order valence-corrected chi connectivity index (χ0v) is 18.0. The second-order valence-electron chi connectivity index (χ2n) is 8.63. The molecule has 0 spiro atoms. The highest BCUT2D eigenvalue weighted by Crippen LogP contribution is 2.21. The molecule has 2 aliphatic rings. The summed E-state index contributed by atoms with van der Waals surface area (Å²) < 4.78 is 4.28. The third kappa shape index (κ3) is 4.43. The Morgan fingerprint density at radius 3 is 2.52 bits per heavy atom. The van der Waals surface area contributed by atoms with Gasteiger partial charge in [-0.25, -0.2) is 4.99 Å². The van der Waals surface area contributed by atoms with E-state index in [1.807, 2.05) is 18.5 Å². The minimum atomic E-state index is 0.310. The summed E-state index contributed by atoms with van der Waals surface area (Å²) >= 11 is 0. The van der Waals surface area contributed by atoms with Crippen molar-refractivity contribution in [1.29, 1.82) is 0 Å². The Labute approximate surface area is 172 Å². The Kier molecular flexibility index (Phi) is 5.82. The number of guanidine groups is 1. The number of nitrogens with zero attached hydrogens (tertiary/aromatic N) is 7. The monoisotopic (exact) mass is 399 g/mol. The van der Waals surface area contributed by atoms with Gasteiger partial charge in [-0.2, -0.15) is 0 Å². The molecule has 1 aliphatic heterocycles. The summed E-state index contributed by atoms with van der Waals surface area (Å²) in [7, 11) is 1.99. The van der Waals surface area contributed by atoms with E-state index in [1.165, 1.54) is 25.7 Å². The van der Waals surface area contributed by atoms with Crippen molar-refractivity contribution in [1.82, 2.24) is 40.2 Å². The van der Waals surface area contributed by atoms with E-state index in [2.05, 4.69) is 49.4 Å². The van der Waals surface area contributed by atoms with Gasteiger partial charge in [0.25, 0.3) is 0 Å². The van der Waals surface area contributed by atoms with Gasteiger partial charge in [0.2, 0.25) is 0 Å². The van der Waals surface area contributed by atoms with Gasteiger partial charge in [0.1, 0.15) is 24.0 Å². The number of nitrogens with one attached hydrogen (secondary N) is 2. The van der Waals surface area contributed by atoms with E-state index in [0.29, 0.717) is 24.5 Å². The van der Waals surface area contributed by atoms with Crippen molar-refractivity contribution in [2.24, 2.45) is 12.0 Å². The number of aromatic nitrogens is 6. The largest absolute Gasteiger partial charge is 0.354 e. The fraction of sp³-hybridized carbons (Fsp3) is 0.750. The van der Waals surface area contributed by atoms with Gasteiger partial charge in [0.05, 0.1) is 0 Å². The highest BCUT2D eigenvalue weighted by Gasteiger charge is 2.25. The van der Waals surface area contributed by atoms with Gasteiger partial charge in [-0.3, -0.25) is 0 Å². The van der Waals surface area contributed by atoms with Crippen LogP contribution in [0.15, 0.2) is 4.99 Å². The fourth-order valence-corrected chi connectivity index (χ4v) is 4.22. The van der Waals surface area contributed by atoms with Gasteiger partial charge in [-0.15, -0.1) is 20.4 Å². The second-order valence-corrected chi connectivity index (χ2v) is 8.63. The van der Waals surface area contributed by atoms with E-state index in [4.69, 9.17) is 4.99 Å². The molecule has 158 valence electrons. The molecule has 9 heteroatoms. The Balaban J connectivity index is 1.48. The topological polar surface area (TPSA) is 97.8 Å². The number of aryl methyl sites for hydroxylation is 2. The summed E-state index contributed by atoms with van der Waals surface area (Å²) in [5.74, 6) is 5.21. The first-order chi connectivity index (χ1) is 14.0. The van der Waals surface area contributed by atoms with Crippen LogP contribution in [0.5, 0.6) is 0 Å². The number of fused-ring (bicyclic) bond motifs is 1. The first-order valence-electron chi connectivity index (χ1n) is 10.9. The average molecular weight is 400 g/mol. The van der Waals surface area contributed by atoms with Crippen LogP contribution < -0.4 is 10.6 Å². The zero-order valence-electron chi connectivity index (χ0n) is 18.0. The number of aliphatic imine (C=N–C) groups is 1. The molecule has 3 heterocycles. The smallest absolute Gasteiger partial charge is 0.192 e. The third-order valence-corrected chi connectivity index (χ3v) is 6.09. The molecular weight excluding hydrogens is 366 g/mol. The van der Waals surface area contributed by atoms with Crippen LogP contribution in [-0.4, -0.2) is 47.6 Å². The van der Waals surface area contributed by atoms with Crippen molar-refractivity contribution in [2.45, 2.75) is 90.4 Å². The highest BCUT2D eigenvalue weighted by molar-refractivity contribution is 5.80. The second kappa shape index (κ2) is 8.51. The molecule has 29 heavy (non-hydrogen) atoms. The molecule has 0 bridgehead atoms. The molecule has 0 amide bonds. The van der Waals surface area contributed by atoms with Crippen LogP contribution in [0.25, 0.3) is 0 Å². The lowest BCUT2D eigenvalue weighted by atomic mass is 10.1. The molecule has 1 aliphatic carbocycles. The van der Waals surface area contributed by atoms with Gasteiger partial charge in [-0.05, 0) is 26.2 Å². The van der Waals surface area contributed by atoms with Crippen LogP contribution in [0.3, 0.4) is 0 Å². The zero-order chi connectivity index (χ0) is 20.4. The SMILES string of the molecule is Cc1nnc(CN=C(NC2CCCC2)NC2CCc3nnc(C(C)C)n3C2)n1C. The average Bonchev–Trinajstić information content (AvgIpc) is 3.42. The normalized spacial score (nSPS) is 20.3. The van der Waals surface area contributed by atoms with E-state index >= 15 is 0 Å². The molecule has 1 saturated carbocycles. The van der Waals surface area contributed by atoms with Gasteiger partial charge in [0, 0.05) is 38.0 Å². The number of hydrogen-bond donors (Lipinski definition) is 2. The maximum Gasteiger partial charge on any atom is 0.192 e. The van der Waals surface area contributed by atoms with Crippen molar-refractivity contribution < 1.29 is 0 Å². The summed E-state index contributed by atoms with van der Waals surface area (Å²) in [5, 5.41) is 24.5. The third-order valence-electron chi connectivity index (χ3n) is 6.09. The van der Waals surface area contributed by atoms with Crippen LogP contribution in [0.4, 0.5) is 0 Å². The standard InChI is InChI=1S/C20H33N9/c1-13(2)19-27-25-17-10-9-16(12-29(17)19)23-20(22-15-7-5-6-8-15)21-11-18-26-24-14(3)28(18)4/h13,15-16H,5-12H2,1-4H3,(H2,21,22,23). The van der Waals surface area contributed by atoms with Crippen LogP contribution in [-0.2, 0) is 26.6 Å². The van der Waals surface area contributed by atoms with E-state index in [1.54, 1.807) is 0 Å². The molecule has 0 aromatic carbocycles. The first kappa shape index (κ1) is 19.8. The summed E-state index contributed by atoms with van der Waals surface area (Å²) in [4.78, 5) is 4.86. The van der Waals surface area contributed by atoms with Crippen LogP contribution in [0.1, 0.15) is 75.2 Å². The van der Waals surface area contributed by atoms with Crippen molar-refractivity contribution in [3.63, 3.8) is 0 Å². The lowest BCUT2D eigenvalue weighted by Gasteiger charge is -2.28. The van der Waals surface area contributed by atoms with E-state index in [0.717, 1.165) is 48.6 Å². The molecule has 4 rings (SSSR count). The molecule has 1 fully saturated rings. The molecule has 9 nitrogen and oxygen atoms in total. The fourth-order valence-electron chi connectivity index (χ4n) is 4.22. The lowest BCUT2D eigenvalue weighted by Crippen LogP contribution is -2.49. The molecule has 0 radical (unpaired) electrons. The van der Waals surface area contributed by atoms with Crippen molar-refractivity contribution >= 4 is 5.96 Å². The quantitative estimate of drug-likeness (QED) is 0.588. The summed E-state index contributed by atoms with van der Waals surface area (Å²) in [6.07, 6.45) is 6.97. The minimum Gasteiger partial charge on any atom is -0.354 e. The van der Waals surface area contributed by atoms with Crippen LogP contribution in [0.2, 0.25) is 0 Å². The van der Waals surface area contributed by atoms with E-state index in [9.17, 15) is 0 Å². The van der Waals surface area contributed by atoms with Crippen LogP contribution in [0, 0.1) is 6.92 Å². The van der Waals surface area contributed by atoms with Crippen molar-refractivity contribution in [3.8, 4) is 0 Å². The maximum absolute atomic E-state index is 4.86. The first-order valence-corrected chi connectivity index (χ1v) is 10.9. The van der Waals surface area contributed by atoms with Crippen molar-refractivity contribution in [2.75, 3.05) is 0 Å². The number of hydrogen-bond acceptors (Lipinski definition) is 5. The van der Waals surface area contributed by atoms with Crippen LogP contribution >= 0.6 is 0 Å². The predicted octanol–water partition coefficient (Wildman–Crippen LogP) is 1.83. The Morgan fingerprint density at radius 2 is 1.83 bits per heavy atom. The molecule has 2 aromatic heterocycles. The Hall–Kier alpha value is -2.45. The predicted molar refractivity (Wildman–Crippen MR) is 112 cm³/mol. The summed E-state index contributed by atoms with van der Waals surface area (Å²) in [5.41, 5.74) is 0. The Morgan fingerprint density at radius 1 is 1.07 bits per heavy atom. The summed E-state index contributed by atoms with van der Waals surface area (Å²) in [6, 6.07) is 0.813.